The summed E-state index contributed by atoms with van der Waals surface area (Å²) in [5.41, 5.74) is 1.29. The average molecular weight is 115 g/mol. The van der Waals surface area contributed by atoms with Crippen LogP contribution in [0.4, 0.5) is 0 Å². The smallest absolute Gasteiger partial charge is 0.0741 e. The Morgan fingerprint density at radius 1 is 1.86 bits per heavy atom. The van der Waals surface area contributed by atoms with Crippen molar-refractivity contribution in [2.24, 2.45) is 0 Å². The van der Waals surface area contributed by atoms with E-state index in [4.69, 9.17) is 0 Å². The zero-order valence-corrected chi connectivity index (χ0v) is 5.24. The predicted octanol–water partition coefficient (Wildman–Crippen LogP) is 1.77. The predicted molar refractivity (Wildman–Crippen MR) is 31.1 cm³/mol. The van der Waals surface area contributed by atoms with E-state index in [1.54, 1.807) is 0 Å². The van der Waals surface area contributed by atoms with Gasteiger partial charge < -0.3 is 0 Å². The molecule has 1 unspecified atom stereocenters. The summed E-state index contributed by atoms with van der Waals surface area (Å²) in [7, 11) is -0.847. The van der Waals surface area contributed by atoms with Crippen LogP contribution in [0.3, 0.4) is 0 Å². The second-order valence-corrected chi connectivity index (χ2v) is 3.52. The Kier molecular flexibility index (Phi) is 1.25. The van der Waals surface area contributed by atoms with Crippen LogP contribution in [-0.2, 0) is 4.57 Å². The van der Waals surface area contributed by atoms with Gasteiger partial charge in [-0.05, 0) is 18.6 Å². The van der Waals surface area contributed by atoms with Gasteiger partial charge in [0.15, 0.2) is 12.3 Å². The zero-order valence-electron chi connectivity index (χ0n) is 4.35. The van der Waals surface area contributed by atoms with Gasteiger partial charge in [-0.2, -0.15) is 0 Å². The van der Waals surface area contributed by atoms with E-state index in [-0.39, 0.29) is 0 Å². The molecular formula is C5H8OP+. The standard InChI is InChI=1S/C5H8OP/c1-5-2-3-7(6)4-5/h2H,3-4H2,1H3/q+1. The summed E-state index contributed by atoms with van der Waals surface area (Å²) in [6.45, 7) is 2.03. The Bertz CT molecular complexity index is 126. The van der Waals surface area contributed by atoms with Gasteiger partial charge in [0.1, 0.15) is 0 Å². The van der Waals surface area contributed by atoms with Crippen molar-refractivity contribution in [1.82, 2.24) is 0 Å². The number of allylic oxidation sites excluding steroid dienone is 2. The summed E-state index contributed by atoms with van der Waals surface area (Å²) in [5.74, 6) is 0. The Morgan fingerprint density at radius 2 is 2.57 bits per heavy atom. The van der Waals surface area contributed by atoms with Crippen molar-refractivity contribution in [2.45, 2.75) is 6.92 Å². The highest BCUT2D eigenvalue weighted by molar-refractivity contribution is 7.45. The molecule has 0 amide bonds. The highest BCUT2D eigenvalue weighted by atomic mass is 31.1. The molecule has 1 aliphatic rings. The van der Waals surface area contributed by atoms with Crippen molar-refractivity contribution >= 4 is 7.80 Å². The van der Waals surface area contributed by atoms with Crippen LogP contribution in [0.2, 0.25) is 0 Å². The van der Waals surface area contributed by atoms with Crippen molar-refractivity contribution in [3.63, 3.8) is 0 Å². The molecule has 0 saturated carbocycles. The molecule has 1 rings (SSSR count). The van der Waals surface area contributed by atoms with Gasteiger partial charge in [0.2, 0.25) is 0 Å². The molecular weight excluding hydrogens is 107 g/mol. The summed E-state index contributed by atoms with van der Waals surface area (Å²) < 4.78 is 10.5. The minimum atomic E-state index is -0.847. The second kappa shape index (κ2) is 1.75. The highest BCUT2D eigenvalue weighted by Gasteiger charge is 2.19. The first-order valence-electron chi connectivity index (χ1n) is 2.37. The SMILES string of the molecule is CC1=CC[P+](=O)C1. The van der Waals surface area contributed by atoms with Gasteiger partial charge in [-0.1, -0.05) is 4.57 Å². The van der Waals surface area contributed by atoms with E-state index in [1.165, 1.54) is 5.57 Å². The van der Waals surface area contributed by atoms with Crippen LogP contribution in [0.25, 0.3) is 0 Å². The van der Waals surface area contributed by atoms with E-state index in [0.717, 1.165) is 12.3 Å². The molecule has 1 nitrogen and oxygen atoms in total. The summed E-state index contributed by atoms with van der Waals surface area (Å²) in [6.07, 6.45) is 3.72. The van der Waals surface area contributed by atoms with Crippen LogP contribution in [0, 0.1) is 0 Å². The van der Waals surface area contributed by atoms with E-state index < -0.39 is 7.80 Å². The van der Waals surface area contributed by atoms with Gasteiger partial charge in [-0.25, -0.2) is 0 Å². The Labute approximate surface area is 44.2 Å². The quantitative estimate of drug-likeness (QED) is 0.347. The van der Waals surface area contributed by atoms with Gasteiger partial charge in [0.25, 0.3) is 0 Å². The molecule has 1 aliphatic heterocycles. The molecule has 0 N–H and O–H groups in total. The van der Waals surface area contributed by atoms with Gasteiger partial charge in [0, 0.05) is 0 Å². The third kappa shape index (κ3) is 1.10. The first-order chi connectivity index (χ1) is 3.29. The minimum Gasteiger partial charge on any atom is -0.0741 e. The third-order valence-electron chi connectivity index (χ3n) is 1.07. The summed E-state index contributed by atoms with van der Waals surface area (Å²) in [4.78, 5) is 0. The van der Waals surface area contributed by atoms with Crippen LogP contribution in [0.5, 0.6) is 0 Å². The lowest BCUT2D eigenvalue weighted by atomic mass is 10.3. The zero-order chi connectivity index (χ0) is 5.28. The van der Waals surface area contributed by atoms with E-state index in [9.17, 15) is 4.57 Å². The lowest BCUT2D eigenvalue weighted by Gasteiger charge is -1.70. The first kappa shape index (κ1) is 4.99. The maximum Gasteiger partial charge on any atom is 0.347 e. The summed E-state index contributed by atoms with van der Waals surface area (Å²) in [6, 6.07) is 0. The van der Waals surface area contributed by atoms with Gasteiger partial charge in [-0.3, -0.25) is 0 Å². The van der Waals surface area contributed by atoms with Gasteiger partial charge >= 0.3 is 7.80 Å². The van der Waals surface area contributed by atoms with Crippen molar-refractivity contribution in [1.29, 1.82) is 0 Å². The van der Waals surface area contributed by atoms with Gasteiger partial charge in [0.05, 0.1) is 0 Å². The average Bonchev–Trinajstić information content (AvgIpc) is 1.87. The first-order valence-corrected chi connectivity index (χ1v) is 4.00. The van der Waals surface area contributed by atoms with Crippen molar-refractivity contribution in [3.8, 4) is 0 Å². The summed E-state index contributed by atoms with van der Waals surface area (Å²) >= 11 is 0. The molecule has 1 atom stereocenters. The normalized spacial score (nSPS) is 25.3. The maximum atomic E-state index is 10.5. The number of rotatable bonds is 0. The van der Waals surface area contributed by atoms with Crippen molar-refractivity contribution < 1.29 is 4.57 Å². The van der Waals surface area contributed by atoms with E-state index >= 15 is 0 Å². The molecule has 0 aromatic carbocycles. The van der Waals surface area contributed by atoms with Crippen LogP contribution in [0.15, 0.2) is 11.6 Å². The monoisotopic (exact) mass is 115 g/mol. The molecule has 38 valence electrons. The number of hydrogen-bond acceptors (Lipinski definition) is 1. The topological polar surface area (TPSA) is 17.1 Å². The molecule has 0 radical (unpaired) electrons. The minimum absolute atomic E-state index is 0.821. The van der Waals surface area contributed by atoms with Crippen molar-refractivity contribution in [3.05, 3.63) is 11.6 Å². The van der Waals surface area contributed by atoms with Crippen LogP contribution < -0.4 is 0 Å². The largest absolute Gasteiger partial charge is 0.347 e. The van der Waals surface area contributed by atoms with Crippen LogP contribution >= 0.6 is 7.80 Å². The highest BCUT2D eigenvalue weighted by Crippen LogP contribution is 2.29. The number of hydrogen-bond donors (Lipinski definition) is 0. The lowest BCUT2D eigenvalue weighted by molar-refractivity contribution is 0.592. The molecule has 0 saturated heterocycles. The lowest BCUT2D eigenvalue weighted by Crippen LogP contribution is -1.67. The molecule has 0 aromatic heterocycles. The molecule has 0 bridgehead atoms. The Balaban J connectivity index is 2.58. The molecule has 2 heteroatoms. The fourth-order valence-corrected chi connectivity index (χ4v) is 1.99. The second-order valence-electron chi connectivity index (χ2n) is 1.87. The fourth-order valence-electron chi connectivity index (χ4n) is 0.665. The van der Waals surface area contributed by atoms with E-state index in [1.807, 2.05) is 6.92 Å². The third-order valence-corrected chi connectivity index (χ3v) is 2.51. The molecule has 0 spiro atoms. The summed E-state index contributed by atoms with van der Waals surface area (Å²) in [5, 5.41) is 0. The van der Waals surface area contributed by atoms with Crippen molar-refractivity contribution in [2.75, 3.05) is 12.3 Å². The Morgan fingerprint density at radius 3 is 2.71 bits per heavy atom. The Hall–Kier alpha value is -0.160. The molecule has 1 heterocycles. The van der Waals surface area contributed by atoms with Crippen LogP contribution in [-0.4, -0.2) is 12.3 Å². The van der Waals surface area contributed by atoms with E-state index in [0.29, 0.717) is 0 Å². The maximum absolute atomic E-state index is 10.5. The fraction of sp³-hybridized carbons (Fsp3) is 0.600. The molecule has 0 fully saturated rings. The van der Waals surface area contributed by atoms with E-state index in [2.05, 4.69) is 6.08 Å². The van der Waals surface area contributed by atoms with Gasteiger partial charge in [-0.15, -0.1) is 0 Å². The van der Waals surface area contributed by atoms with Crippen LogP contribution in [0.1, 0.15) is 6.92 Å². The molecule has 0 aliphatic carbocycles. The molecule has 7 heavy (non-hydrogen) atoms. The molecule has 0 aromatic rings.